The Labute approximate surface area is 191 Å². The van der Waals surface area contributed by atoms with Gasteiger partial charge < -0.3 is 25.3 Å². The van der Waals surface area contributed by atoms with E-state index in [0.29, 0.717) is 11.3 Å². The minimum absolute atomic E-state index is 0.0513. The molecule has 4 rings (SSSR count). The number of fused-ring (bicyclic) bond motifs is 2. The third kappa shape index (κ3) is 3.63. The van der Waals surface area contributed by atoms with E-state index in [-0.39, 0.29) is 29.4 Å². The highest BCUT2D eigenvalue weighted by atomic mass is 16.6. The first-order valence-corrected chi connectivity index (χ1v) is 10.5. The first-order chi connectivity index (χ1) is 15.8. The van der Waals surface area contributed by atoms with E-state index in [1.165, 1.54) is 6.92 Å². The summed E-state index contributed by atoms with van der Waals surface area (Å²) in [5.41, 5.74) is 5.51. The van der Waals surface area contributed by atoms with Crippen LogP contribution >= 0.6 is 0 Å². The molecule has 0 bridgehead atoms. The van der Waals surface area contributed by atoms with Crippen LogP contribution in [0.2, 0.25) is 0 Å². The van der Waals surface area contributed by atoms with Gasteiger partial charge in [0, 0.05) is 11.3 Å². The Morgan fingerprint density at radius 1 is 1.03 bits per heavy atom. The van der Waals surface area contributed by atoms with Crippen molar-refractivity contribution in [1.82, 2.24) is 0 Å². The van der Waals surface area contributed by atoms with Gasteiger partial charge in [0.1, 0.15) is 28.9 Å². The van der Waals surface area contributed by atoms with Crippen LogP contribution in [0.3, 0.4) is 0 Å². The maximum absolute atomic E-state index is 13.6. The number of hydrogen-bond donors (Lipinski definition) is 2. The predicted molar refractivity (Wildman–Crippen MR) is 119 cm³/mol. The fourth-order valence-corrected chi connectivity index (χ4v) is 4.21. The van der Waals surface area contributed by atoms with Crippen molar-refractivity contribution in [3.05, 3.63) is 88.5 Å². The van der Waals surface area contributed by atoms with Crippen LogP contribution in [-0.4, -0.2) is 23.9 Å². The van der Waals surface area contributed by atoms with E-state index in [0.717, 1.165) is 5.56 Å². The number of carbonyl (C=O) groups is 3. The van der Waals surface area contributed by atoms with Gasteiger partial charge in [-0.2, -0.15) is 0 Å². The molecule has 8 heteroatoms. The molecule has 170 valence electrons. The first kappa shape index (κ1) is 22.1. The van der Waals surface area contributed by atoms with E-state index in [4.69, 9.17) is 19.9 Å². The highest BCUT2D eigenvalue weighted by Gasteiger charge is 2.61. The molecule has 2 heterocycles. The van der Waals surface area contributed by atoms with Crippen molar-refractivity contribution >= 4 is 23.5 Å². The smallest absolute Gasteiger partial charge is 0.341 e. The van der Waals surface area contributed by atoms with E-state index in [1.54, 1.807) is 50.2 Å². The van der Waals surface area contributed by atoms with E-state index >= 15 is 0 Å². The molecule has 0 aliphatic carbocycles. The molecule has 0 saturated carbocycles. The average molecular weight is 448 g/mol. The van der Waals surface area contributed by atoms with Crippen molar-refractivity contribution in [3.8, 4) is 0 Å². The van der Waals surface area contributed by atoms with Gasteiger partial charge in [-0.1, -0.05) is 48.5 Å². The molecule has 1 amide bonds. The second-order valence-corrected chi connectivity index (χ2v) is 8.04. The largest absolute Gasteiger partial charge is 0.459 e. The summed E-state index contributed by atoms with van der Waals surface area (Å²) >= 11 is 0. The highest BCUT2D eigenvalue weighted by Crippen LogP contribution is 2.52. The Kier molecular flexibility index (Phi) is 5.68. The van der Waals surface area contributed by atoms with Crippen LogP contribution in [-0.2, 0) is 40.6 Å². The molecule has 0 aromatic heterocycles. The van der Waals surface area contributed by atoms with Crippen molar-refractivity contribution in [3.63, 3.8) is 0 Å². The number of hydrogen-bond acceptors (Lipinski definition) is 7. The van der Waals surface area contributed by atoms with Crippen molar-refractivity contribution < 1.29 is 28.6 Å². The number of benzene rings is 2. The number of esters is 2. The summed E-state index contributed by atoms with van der Waals surface area (Å²) in [5.74, 6) is -2.50. The third-order valence-electron chi connectivity index (χ3n) is 5.50. The zero-order valence-electron chi connectivity index (χ0n) is 18.5. The van der Waals surface area contributed by atoms with Crippen LogP contribution in [0.15, 0.2) is 77.4 Å². The minimum Gasteiger partial charge on any atom is -0.459 e. The number of rotatable bonds is 5. The normalized spacial score (nSPS) is 19.3. The van der Waals surface area contributed by atoms with Crippen molar-refractivity contribution in [2.45, 2.75) is 38.9 Å². The Bertz CT molecular complexity index is 1200. The fourth-order valence-electron chi connectivity index (χ4n) is 4.21. The van der Waals surface area contributed by atoms with Crippen LogP contribution in [0, 0.1) is 0 Å². The Hall–Kier alpha value is -4.07. The van der Waals surface area contributed by atoms with E-state index in [2.05, 4.69) is 5.32 Å². The molecule has 0 saturated heterocycles. The monoisotopic (exact) mass is 448 g/mol. The molecule has 1 atom stereocenters. The Morgan fingerprint density at radius 2 is 1.70 bits per heavy atom. The maximum Gasteiger partial charge on any atom is 0.341 e. The summed E-state index contributed by atoms with van der Waals surface area (Å²) in [4.78, 5) is 40.2. The molecule has 0 radical (unpaired) electrons. The van der Waals surface area contributed by atoms with Gasteiger partial charge in [-0.3, -0.25) is 4.79 Å². The molecule has 3 N–H and O–H groups in total. The van der Waals surface area contributed by atoms with Crippen LogP contribution in [0.5, 0.6) is 0 Å². The summed E-state index contributed by atoms with van der Waals surface area (Å²) in [7, 11) is 0. The van der Waals surface area contributed by atoms with Gasteiger partial charge >= 0.3 is 11.9 Å². The molecule has 0 fully saturated rings. The number of nitrogens with one attached hydrogen (secondary N) is 1. The van der Waals surface area contributed by atoms with Gasteiger partial charge in [0.25, 0.3) is 0 Å². The molecule has 33 heavy (non-hydrogen) atoms. The molecule has 2 aliphatic heterocycles. The van der Waals surface area contributed by atoms with Gasteiger partial charge in [0.05, 0.1) is 6.10 Å². The maximum atomic E-state index is 13.6. The number of allylic oxidation sites excluding steroid dienone is 1. The SMILES string of the molecule is CC1=C(C(=O)OC(C)C)[C@@]2(C(=O)Nc3ccccc32)C(C(=O)OCc2ccccc2)=C(N)O1. The van der Waals surface area contributed by atoms with Gasteiger partial charge in [-0.05, 0) is 32.4 Å². The van der Waals surface area contributed by atoms with E-state index in [1.807, 2.05) is 18.2 Å². The molecular formula is C25H24N2O6. The first-order valence-electron chi connectivity index (χ1n) is 10.5. The standard InChI is InChI=1S/C25H24N2O6/c1-14(2)32-23(29)19-15(3)33-21(26)20(22(28)31-13-16-9-5-4-6-10-16)25(19)17-11-7-8-12-18(17)27-24(25)30/h4-12,14H,13,26H2,1-3H3,(H,27,30)/t25-/m1/s1. The number of ether oxygens (including phenoxy) is 3. The minimum atomic E-state index is -1.87. The second kappa shape index (κ2) is 8.46. The lowest BCUT2D eigenvalue weighted by Gasteiger charge is -2.35. The molecule has 2 aromatic carbocycles. The molecule has 2 aromatic rings. The predicted octanol–water partition coefficient (Wildman–Crippen LogP) is 3.05. The lowest BCUT2D eigenvalue weighted by Crippen LogP contribution is -2.48. The van der Waals surface area contributed by atoms with E-state index < -0.39 is 29.4 Å². The number of nitrogens with two attached hydrogens (primary N) is 1. The zero-order valence-corrected chi connectivity index (χ0v) is 18.5. The summed E-state index contributed by atoms with van der Waals surface area (Å²) in [6.07, 6.45) is -0.466. The van der Waals surface area contributed by atoms with Gasteiger partial charge in [-0.25, -0.2) is 9.59 Å². The topological polar surface area (TPSA) is 117 Å². The van der Waals surface area contributed by atoms with Gasteiger partial charge in [0.15, 0.2) is 0 Å². The highest BCUT2D eigenvalue weighted by molar-refractivity contribution is 6.21. The zero-order chi connectivity index (χ0) is 23.8. The van der Waals surface area contributed by atoms with Gasteiger partial charge in [-0.15, -0.1) is 0 Å². The lowest BCUT2D eigenvalue weighted by molar-refractivity contribution is -0.146. The summed E-state index contributed by atoms with van der Waals surface area (Å²) in [6.45, 7) is 4.83. The third-order valence-corrected chi connectivity index (χ3v) is 5.50. The van der Waals surface area contributed by atoms with E-state index in [9.17, 15) is 14.4 Å². The summed E-state index contributed by atoms with van der Waals surface area (Å²) in [5, 5.41) is 2.76. The Morgan fingerprint density at radius 3 is 2.39 bits per heavy atom. The average Bonchev–Trinajstić information content (AvgIpc) is 3.04. The van der Waals surface area contributed by atoms with Crippen LogP contribution in [0.1, 0.15) is 31.9 Å². The van der Waals surface area contributed by atoms with Crippen LogP contribution in [0.4, 0.5) is 5.69 Å². The van der Waals surface area contributed by atoms with Gasteiger partial charge in [0.2, 0.25) is 11.8 Å². The molecule has 0 unspecified atom stereocenters. The van der Waals surface area contributed by atoms with Crippen molar-refractivity contribution in [2.24, 2.45) is 5.73 Å². The lowest BCUT2D eigenvalue weighted by atomic mass is 9.67. The fraction of sp³-hybridized carbons (Fsp3) is 0.240. The number of carbonyl (C=O) groups excluding carboxylic acids is 3. The number of anilines is 1. The van der Waals surface area contributed by atoms with Crippen molar-refractivity contribution in [1.29, 1.82) is 0 Å². The second-order valence-electron chi connectivity index (χ2n) is 8.04. The number of amides is 1. The summed E-state index contributed by atoms with van der Waals surface area (Å²) in [6, 6.07) is 15.9. The molecular weight excluding hydrogens is 424 g/mol. The molecule has 1 spiro atoms. The van der Waals surface area contributed by atoms with Crippen molar-refractivity contribution in [2.75, 3.05) is 5.32 Å². The molecule has 2 aliphatic rings. The quantitative estimate of drug-likeness (QED) is 0.675. The Balaban J connectivity index is 1.86. The van der Waals surface area contributed by atoms with Crippen LogP contribution < -0.4 is 11.1 Å². The number of para-hydroxylation sites is 1. The summed E-state index contributed by atoms with van der Waals surface area (Å²) < 4.78 is 16.5. The van der Waals surface area contributed by atoms with Crippen LogP contribution in [0.25, 0.3) is 0 Å². The molecule has 8 nitrogen and oxygen atoms in total.